The van der Waals surface area contributed by atoms with Crippen molar-refractivity contribution in [2.75, 3.05) is 0 Å². The van der Waals surface area contributed by atoms with E-state index in [9.17, 15) is 14.7 Å². The fraction of sp³-hybridized carbons (Fsp3) is 0. The number of hydrogen-bond donors (Lipinski definition) is 3. The molecule has 112 valence electrons. The number of halogens is 2. The minimum absolute atomic E-state index is 0.178. The number of aromatic nitrogens is 3. The van der Waals surface area contributed by atoms with Crippen molar-refractivity contribution < 1.29 is 5.11 Å². The fourth-order valence-corrected chi connectivity index (χ4v) is 3.26. The van der Waals surface area contributed by atoms with Crippen molar-refractivity contribution in [1.82, 2.24) is 15.0 Å². The van der Waals surface area contributed by atoms with E-state index in [0.29, 0.717) is 20.7 Å². The van der Waals surface area contributed by atoms with Gasteiger partial charge in [-0.3, -0.25) is 14.8 Å². The van der Waals surface area contributed by atoms with Crippen LogP contribution in [0.4, 0.5) is 5.13 Å². The second kappa shape index (κ2) is 5.56. The molecule has 0 saturated heterocycles. The third kappa shape index (κ3) is 2.76. The van der Waals surface area contributed by atoms with Gasteiger partial charge in [-0.2, -0.15) is 0 Å². The molecule has 0 aliphatic carbocycles. The molecule has 7 nitrogen and oxygen atoms in total. The molecule has 2 heterocycles. The molecule has 0 radical (unpaired) electrons. The van der Waals surface area contributed by atoms with Crippen LogP contribution in [0, 0.1) is 0 Å². The molecule has 2 aromatic heterocycles. The number of benzene rings is 1. The molecule has 1 aromatic carbocycles. The van der Waals surface area contributed by atoms with Gasteiger partial charge < -0.3 is 5.11 Å². The van der Waals surface area contributed by atoms with Crippen LogP contribution in [0.3, 0.4) is 0 Å². The first-order valence-electron chi connectivity index (χ1n) is 5.79. The van der Waals surface area contributed by atoms with Crippen molar-refractivity contribution in [2.45, 2.75) is 0 Å². The summed E-state index contributed by atoms with van der Waals surface area (Å²) >= 11 is 13.2. The molecule has 22 heavy (non-hydrogen) atoms. The summed E-state index contributed by atoms with van der Waals surface area (Å²) in [5, 5.41) is 10.7. The first kappa shape index (κ1) is 14.8. The zero-order chi connectivity index (χ0) is 15.9. The van der Waals surface area contributed by atoms with Crippen molar-refractivity contribution in [1.29, 1.82) is 0 Å². The quantitative estimate of drug-likeness (QED) is 0.612. The Labute approximate surface area is 135 Å². The summed E-state index contributed by atoms with van der Waals surface area (Å²) in [4.78, 5) is 34.8. The van der Waals surface area contributed by atoms with E-state index in [2.05, 4.69) is 15.0 Å². The summed E-state index contributed by atoms with van der Waals surface area (Å²) in [6.45, 7) is 0. The highest BCUT2D eigenvalue weighted by molar-refractivity contribution is 7.22. The SMILES string of the molecule is O=c1[nH]c(O)c(/C=N/c2nc3c(Cl)cc(Cl)cc3s2)c(=O)[nH]1. The maximum absolute atomic E-state index is 11.6. The molecule has 0 bridgehead atoms. The highest BCUT2D eigenvalue weighted by Crippen LogP contribution is 2.34. The van der Waals surface area contributed by atoms with Gasteiger partial charge in [-0.05, 0) is 12.1 Å². The minimum Gasteiger partial charge on any atom is -0.494 e. The van der Waals surface area contributed by atoms with Crippen molar-refractivity contribution in [3.63, 3.8) is 0 Å². The zero-order valence-electron chi connectivity index (χ0n) is 10.6. The number of nitrogens with zero attached hydrogens (tertiary/aromatic N) is 2. The van der Waals surface area contributed by atoms with Gasteiger partial charge >= 0.3 is 5.69 Å². The van der Waals surface area contributed by atoms with Gasteiger partial charge in [0.2, 0.25) is 11.0 Å². The Kier molecular flexibility index (Phi) is 3.73. The highest BCUT2D eigenvalue weighted by Gasteiger charge is 2.09. The molecule has 3 aromatic rings. The van der Waals surface area contributed by atoms with Gasteiger partial charge in [0, 0.05) is 11.2 Å². The summed E-state index contributed by atoms with van der Waals surface area (Å²) in [5.74, 6) is -0.570. The monoisotopic (exact) mass is 356 g/mol. The Morgan fingerprint density at radius 2 is 2.05 bits per heavy atom. The summed E-state index contributed by atoms with van der Waals surface area (Å²) in [6.07, 6.45) is 1.11. The smallest absolute Gasteiger partial charge is 0.328 e. The second-order valence-corrected chi connectivity index (χ2v) is 6.01. The minimum atomic E-state index is -0.805. The van der Waals surface area contributed by atoms with Gasteiger partial charge in [-0.15, -0.1) is 0 Å². The van der Waals surface area contributed by atoms with Crippen LogP contribution in [0.1, 0.15) is 5.56 Å². The zero-order valence-corrected chi connectivity index (χ0v) is 12.9. The molecule has 3 N–H and O–H groups in total. The number of rotatable bonds is 2. The number of hydrogen-bond acceptors (Lipinski definition) is 6. The number of aromatic hydroxyl groups is 1. The van der Waals surface area contributed by atoms with E-state index in [4.69, 9.17) is 23.2 Å². The summed E-state index contributed by atoms with van der Waals surface area (Å²) in [7, 11) is 0. The second-order valence-electron chi connectivity index (χ2n) is 4.16. The highest BCUT2D eigenvalue weighted by atomic mass is 35.5. The predicted octanol–water partition coefficient (Wildman–Crippen LogP) is 2.44. The van der Waals surface area contributed by atoms with Crippen molar-refractivity contribution >= 4 is 56.1 Å². The molecule has 0 amide bonds. The Bertz CT molecular complexity index is 1020. The van der Waals surface area contributed by atoms with E-state index in [-0.39, 0.29) is 5.56 Å². The lowest BCUT2D eigenvalue weighted by Gasteiger charge is -1.94. The molecular weight excluding hydrogens is 351 g/mol. The molecule has 0 aliphatic heterocycles. The number of nitrogens with one attached hydrogen (secondary N) is 2. The average molecular weight is 357 g/mol. The van der Waals surface area contributed by atoms with Gasteiger partial charge in [-0.25, -0.2) is 14.8 Å². The molecule has 3 rings (SSSR count). The van der Waals surface area contributed by atoms with Gasteiger partial charge in [-0.1, -0.05) is 34.5 Å². The van der Waals surface area contributed by atoms with Crippen molar-refractivity contribution in [3.05, 3.63) is 48.6 Å². The Morgan fingerprint density at radius 1 is 1.27 bits per heavy atom. The fourth-order valence-electron chi connectivity index (χ4n) is 1.72. The van der Waals surface area contributed by atoms with E-state index >= 15 is 0 Å². The Balaban J connectivity index is 2.05. The number of aliphatic imine (C=N–C) groups is 1. The normalized spacial score (nSPS) is 11.5. The van der Waals surface area contributed by atoms with E-state index in [1.165, 1.54) is 11.3 Å². The van der Waals surface area contributed by atoms with E-state index in [1.54, 1.807) is 12.1 Å². The van der Waals surface area contributed by atoms with Crippen LogP contribution in [-0.2, 0) is 0 Å². The predicted molar refractivity (Wildman–Crippen MR) is 86.2 cm³/mol. The van der Waals surface area contributed by atoms with Crippen molar-refractivity contribution in [2.24, 2.45) is 4.99 Å². The lowest BCUT2D eigenvalue weighted by Crippen LogP contribution is -2.24. The molecule has 0 aliphatic rings. The number of thiazole rings is 1. The standard InChI is InChI=1S/C12H6Cl2N4O3S/c13-4-1-6(14)8-7(2-4)22-12(16-8)15-3-5-9(19)17-11(21)18-10(5)20/h1-3H,(H3,17,18,19,20,21)/b15-3+. The maximum atomic E-state index is 11.6. The first-order chi connectivity index (χ1) is 10.4. The molecule has 0 atom stereocenters. The molecule has 0 unspecified atom stereocenters. The molecule has 0 spiro atoms. The van der Waals surface area contributed by atoms with Crippen LogP contribution in [0.15, 0.2) is 26.7 Å². The van der Waals surface area contributed by atoms with Crippen LogP contribution in [-0.4, -0.2) is 26.3 Å². The van der Waals surface area contributed by atoms with Crippen molar-refractivity contribution in [3.8, 4) is 5.88 Å². The van der Waals surface area contributed by atoms with Gasteiger partial charge in [0.05, 0.1) is 9.72 Å². The number of H-pyrrole nitrogens is 2. The third-order valence-electron chi connectivity index (χ3n) is 2.66. The van der Waals surface area contributed by atoms with Gasteiger partial charge in [0.15, 0.2) is 0 Å². The Morgan fingerprint density at radius 3 is 2.77 bits per heavy atom. The molecular formula is C12H6Cl2N4O3S. The molecule has 0 saturated carbocycles. The average Bonchev–Trinajstić information content (AvgIpc) is 2.80. The molecule has 10 heteroatoms. The van der Waals surface area contributed by atoms with Gasteiger partial charge in [0.25, 0.3) is 5.56 Å². The summed E-state index contributed by atoms with van der Waals surface area (Å²) in [5.41, 5.74) is -1.20. The topological polar surface area (TPSA) is 111 Å². The van der Waals surface area contributed by atoms with Gasteiger partial charge in [0.1, 0.15) is 11.1 Å². The van der Waals surface area contributed by atoms with Crippen LogP contribution in [0.5, 0.6) is 5.88 Å². The largest absolute Gasteiger partial charge is 0.494 e. The first-order valence-corrected chi connectivity index (χ1v) is 7.36. The van der Waals surface area contributed by atoms with Crippen LogP contribution in [0.2, 0.25) is 10.0 Å². The summed E-state index contributed by atoms with van der Waals surface area (Å²) < 4.78 is 0.740. The summed E-state index contributed by atoms with van der Waals surface area (Å²) in [6, 6.07) is 3.26. The molecule has 0 fully saturated rings. The van der Waals surface area contributed by atoms with E-state index in [0.717, 1.165) is 10.9 Å². The van der Waals surface area contributed by atoms with E-state index < -0.39 is 17.1 Å². The third-order valence-corrected chi connectivity index (χ3v) is 4.08. The maximum Gasteiger partial charge on any atom is 0.328 e. The van der Waals surface area contributed by atoms with Crippen LogP contribution >= 0.6 is 34.5 Å². The van der Waals surface area contributed by atoms with Crippen LogP contribution in [0.25, 0.3) is 10.2 Å². The Hall–Kier alpha value is -2.16. The number of aromatic amines is 2. The van der Waals surface area contributed by atoms with E-state index in [1.807, 2.05) is 4.98 Å². The number of fused-ring (bicyclic) bond motifs is 1. The lowest BCUT2D eigenvalue weighted by molar-refractivity contribution is 0.447. The lowest BCUT2D eigenvalue weighted by atomic mass is 10.3. The van der Waals surface area contributed by atoms with Crippen LogP contribution < -0.4 is 11.2 Å².